The third-order valence-electron chi connectivity index (χ3n) is 4.34. The molecule has 0 aromatic heterocycles. The first-order chi connectivity index (χ1) is 10.5. The van der Waals surface area contributed by atoms with Crippen molar-refractivity contribution in [2.45, 2.75) is 39.0 Å². The second-order valence-corrected chi connectivity index (χ2v) is 7.67. The minimum Gasteiger partial charge on any atom is -0.379 e. The molecule has 0 spiro atoms. The fourth-order valence-electron chi connectivity index (χ4n) is 3.10. The summed E-state index contributed by atoms with van der Waals surface area (Å²) in [6, 6.07) is 0. The van der Waals surface area contributed by atoms with Gasteiger partial charge in [0.25, 0.3) is 10.1 Å². The van der Waals surface area contributed by atoms with Gasteiger partial charge in [-0.3, -0.25) is 4.55 Å². The number of ether oxygens (including phenoxy) is 2. The van der Waals surface area contributed by atoms with Crippen LogP contribution in [0.3, 0.4) is 0 Å². The number of quaternary nitrogens is 1. The number of unbranched alkanes of at least 4 members (excludes halogenated alkanes) is 1. The Morgan fingerprint density at radius 1 is 0.955 bits per heavy atom. The smallest absolute Gasteiger partial charge is 0.264 e. The maximum absolute atomic E-state index is 10.8. The molecule has 22 heavy (non-hydrogen) atoms. The average molecular weight is 338 g/mol. The number of nitrogens with zero attached hydrogens (tertiary/aromatic N) is 1. The lowest BCUT2D eigenvalue weighted by Crippen LogP contribution is -2.53. The molecule has 1 heterocycles. The van der Waals surface area contributed by atoms with Crippen molar-refractivity contribution in [3.63, 3.8) is 0 Å². The van der Waals surface area contributed by atoms with Crippen LogP contribution >= 0.6 is 0 Å². The molecule has 0 aromatic carbocycles. The van der Waals surface area contributed by atoms with Crippen LogP contribution in [0.5, 0.6) is 0 Å². The van der Waals surface area contributed by atoms with E-state index in [4.69, 9.17) is 14.0 Å². The predicted molar refractivity (Wildman–Crippen MR) is 86.5 cm³/mol. The van der Waals surface area contributed by atoms with E-state index in [1.165, 1.54) is 19.3 Å². The summed E-state index contributed by atoms with van der Waals surface area (Å²) >= 11 is 0. The van der Waals surface area contributed by atoms with E-state index >= 15 is 0 Å². The molecule has 0 aromatic rings. The topological polar surface area (TPSA) is 72.8 Å². The van der Waals surface area contributed by atoms with Gasteiger partial charge in [-0.25, -0.2) is 0 Å². The summed E-state index contributed by atoms with van der Waals surface area (Å²) in [6.07, 6.45) is 5.12. The SMILES string of the molecule is CCOCCOCC[N+]1(CCCCS(=O)(=O)O)CCCCC1. The minimum absolute atomic E-state index is 0.127. The Kier molecular flexibility index (Phi) is 9.51. The zero-order valence-corrected chi connectivity index (χ0v) is 14.7. The Labute approximate surface area is 135 Å². The standard InChI is InChI=1S/C15H31NO5S/c1-2-20-13-14-21-12-11-16(8-4-3-5-9-16)10-6-7-15-22(17,18)19/h2-15H2,1H3/p+1. The second-order valence-electron chi connectivity index (χ2n) is 6.10. The van der Waals surface area contributed by atoms with Crippen LogP contribution in [0.4, 0.5) is 0 Å². The first-order valence-corrected chi connectivity index (χ1v) is 10.0. The van der Waals surface area contributed by atoms with Crippen molar-refractivity contribution >= 4 is 10.1 Å². The monoisotopic (exact) mass is 338 g/mol. The molecule has 1 aliphatic rings. The van der Waals surface area contributed by atoms with Crippen LogP contribution in [0.1, 0.15) is 39.0 Å². The van der Waals surface area contributed by atoms with Crippen molar-refractivity contribution in [1.29, 1.82) is 0 Å². The Hall–Kier alpha value is -0.210. The summed E-state index contributed by atoms with van der Waals surface area (Å²) in [6.45, 7) is 8.97. The Morgan fingerprint density at radius 2 is 1.64 bits per heavy atom. The van der Waals surface area contributed by atoms with Crippen LogP contribution in [0.2, 0.25) is 0 Å². The lowest BCUT2D eigenvalue weighted by molar-refractivity contribution is -0.933. The van der Waals surface area contributed by atoms with Crippen LogP contribution in [0, 0.1) is 0 Å². The van der Waals surface area contributed by atoms with Gasteiger partial charge in [-0.2, -0.15) is 8.42 Å². The molecule has 0 saturated carbocycles. The van der Waals surface area contributed by atoms with Crippen LogP contribution in [0.15, 0.2) is 0 Å². The van der Waals surface area contributed by atoms with Gasteiger partial charge in [0.1, 0.15) is 6.54 Å². The van der Waals surface area contributed by atoms with E-state index in [1.807, 2.05) is 6.92 Å². The molecule has 1 saturated heterocycles. The van der Waals surface area contributed by atoms with Crippen LogP contribution in [-0.2, 0) is 19.6 Å². The van der Waals surface area contributed by atoms with Crippen molar-refractivity contribution in [3.05, 3.63) is 0 Å². The molecule has 0 radical (unpaired) electrons. The molecule has 0 bridgehead atoms. The Balaban J connectivity index is 2.28. The van der Waals surface area contributed by atoms with E-state index < -0.39 is 10.1 Å². The molecule has 7 heteroatoms. The molecule has 1 aliphatic heterocycles. The van der Waals surface area contributed by atoms with Crippen molar-refractivity contribution in [2.75, 3.05) is 58.4 Å². The summed E-state index contributed by atoms with van der Waals surface area (Å²) in [5, 5.41) is 0. The van der Waals surface area contributed by atoms with Gasteiger partial charge >= 0.3 is 0 Å². The average Bonchev–Trinajstić information content (AvgIpc) is 2.48. The molecule has 0 unspecified atom stereocenters. The minimum atomic E-state index is -3.82. The highest BCUT2D eigenvalue weighted by Gasteiger charge is 2.29. The molecule has 1 N–H and O–H groups in total. The van der Waals surface area contributed by atoms with E-state index in [0.717, 1.165) is 50.3 Å². The second kappa shape index (κ2) is 10.5. The van der Waals surface area contributed by atoms with Gasteiger partial charge in [-0.1, -0.05) is 0 Å². The third-order valence-corrected chi connectivity index (χ3v) is 5.14. The number of hydrogen-bond donors (Lipinski definition) is 1. The molecule has 0 atom stereocenters. The van der Waals surface area contributed by atoms with Gasteiger partial charge in [-0.05, 0) is 39.0 Å². The van der Waals surface area contributed by atoms with Gasteiger partial charge in [0.15, 0.2) is 0 Å². The van der Waals surface area contributed by atoms with Crippen molar-refractivity contribution in [1.82, 2.24) is 0 Å². The van der Waals surface area contributed by atoms with Gasteiger partial charge in [0.05, 0.1) is 45.2 Å². The number of rotatable bonds is 12. The molecular formula is C15H32NO5S+. The van der Waals surface area contributed by atoms with Gasteiger partial charge in [-0.15, -0.1) is 0 Å². The lowest BCUT2D eigenvalue weighted by Gasteiger charge is -2.41. The Morgan fingerprint density at radius 3 is 2.27 bits per heavy atom. The maximum atomic E-state index is 10.8. The van der Waals surface area contributed by atoms with Crippen molar-refractivity contribution in [2.24, 2.45) is 0 Å². The number of hydrogen-bond acceptors (Lipinski definition) is 4. The zero-order chi connectivity index (χ0) is 16.3. The normalized spacial score (nSPS) is 18.5. The van der Waals surface area contributed by atoms with E-state index in [0.29, 0.717) is 19.6 Å². The number of piperidine rings is 1. The molecule has 132 valence electrons. The largest absolute Gasteiger partial charge is 0.379 e. The van der Waals surface area contributed by atoms with Gasteiger partial charge in [0.2, 0.25) is 0 Å². The lowest BCUT2D eigenvalue weighted by atomic mass is 10.1. The molecule has 0 amide bonds. The first-order valence-electron chi connectivity index (χ1n) is 8.43. The van der Waals surface area contributed by atoms with E-state index in [9.17, 15) is 8.42 Å². The molecule has 0 aliphatic carbocycles. The molecular weight excluding hydrogens is 306 g/mol. The van der Waals surface area contributed by atoms with Gasteiger partial charge in [0, 0.05) is 6.61 Å². The van der Waals surface area contributed by atoms with Gasteiger partial charge < -0.3 is 14.0 Å². The van der Waals surface area contributed by atoms with E-state index in [-0.39, 0.29) is 5.75 Å². The summed E-state index contributed by atoms with van der Waals surface area (Å²) in [7, 11) is -3.82. The first kappa shape index (κ1) is 19.8. The fraction of sp³-hybridized carbons (Fsp3) is 1.00. The summed E-state index contributed by atoms with van der Waals surface area (Å²) in [4.78, 5) is 0. The zero-order valence-electron chi connectivity index (χ0n) is 13.8. The van der Waals surface area contributed by atoms with Crippen molar-refractivity contribution in [3.8, 4) is 0 Å². The number of likely N-dealkylation sites (tertiary alicyclic amines) is 1. The summed E-state index contributed by atoms with van der Waals surface area (Å²) < 4.78 is 42.3. The predicted octanol–water partition coefficient (Wildman–Crippen LogP) is 1.71. The highest BCUT2D eigenvalue weighted by atomic mass is 32.2. The van der Waals surface area contributed by atoms with Crippen molar-refractivity contribution < 1.29 is 26.9 Å². The summed E-state index contributed by atoms with van der Waals surface area (Å²) in [5.41, 5.74) is 0. The van der Waals surface area contributed by atoms with Crippen LogP contribution in [-0.4, -0.2) is 75.8 Å². The summed E-state index contributed by atoms with van der Waals surface area (Å²) in [5.74, 6) is -0.127. The molecule has 1 fully saturated rings. The van der Waals surface area contributed by atoms with Crippen LogP contribution < -0.4 is 0 Å². The van der Waals surface area contributed by atoms with Crippen LogP contribution in [0.25, 0.3) is 0 Å². The molecule has 6 nitrogen and oxygen atoms in total. The van der Waals surface area contributed by atoms with E-state index in [2.05, 4.69) is 0 Å². The fourth-order valence-corrected chi connectivity index (χ4v) is 3.67. The Bertz CT molecular complexity index is 379. The highest BCUT2D eigenvalue weighted by Crippen LogP contribution is 2.20. The maximum Gasteiger partial charge on any atom is 0.264 e. The molecule has 1 rings (SSSR count). The quantitative estimate of drug-likeness (QED) is 0.333. The third kappa shape index (κ3) is 9.05. The highest BCUT2D eigenvalue weighted by molar-refractivity contribution is 7.85. The van der Waals surface area contributed by atoms with E-state index in [1.54, 1.807) is 0 Å².